The number of nitrogens with zero attached hydrogens (tertiary/aromatic N) is 1. The number of rotatable bonds is 7. The summed E-state index contributed by atoms with van der Waals surface area (Å²) in [4.78, 5) is 22.3. The zero-order valence-corrected chi connectivity index (χ0v) is 16.3. The highest BCUT2D eigenvalue weighted by Gasteiger charge is 2.40. The molecule has 0 saturated heterocycles. The lowest BCUT2D eigenvalue weighted by molar-refractivity contribution is -0.140. The molecule has 1 rings (SSSR count). The quantitative estimate of drug-likeness (QED) is 0.714. The maximum atomic E-state index is 11.1. The van der Waals surface area contributed by atoms with Crippen molar-refractivity contribution in [2.75, 3.05) is 0 Å². The van der Waals surface area contributed by atoms with Crippen LogP contribution in [0.5, 0.6) is 5.75 Å². The molecule has 0 fully saturated rings. The summed E-state index contributed by atoms with van der Waals surface area (Å²) in [5.41, 5.74) is -1.24. The first-order chi connectivity index (χ1) is 11.3. The Hall–Kier alpha value is -2.33. The van der Waals surface area contributed by atoms with Gasteiger partial charge in [-0.25, -0.2) is 0 Å². The number of carboxylic acid groups (broad SMARTS) is 2. The maximum absolute atomic E-state index is 11.1. The van der Waals surface area contributed by atoms with Crippen molar-refractivity contribution in [3.63, 3.8) is 0 Å². The number of carbonyl (C=O) groups is 2. The summed E-state index contributed by atoms with van der Waals surface area (Å²) >= 11 is 0. The molecule has 0 heterocycles. The van der Waals surface area contributed by atoms with Crippen molar-refractivity contribution in [1.82, 2.24) is 0 Å². The van der Waals surface area contributed by atoms with Crippen molar-refractivity contribution in [1.29, 1.82) is 5.26 Å². The fourth-order valence-electron chi connectivity index (χ4n) is 2.22. The molecular formula is C18H25NO5Si. The van der Waals surface area contributed by atoms with Crippen molar-refractivity contribution in [2.45, 2.75) is 57.2 Å². The molecule has 0 unspecified atom stereocenters. The van der Waals surface area contributed by atoms with E-state index in [0.29, 0.717) is 11.3 Å². The van der Waals surface area contributed by atoms with Crippen molar-refractivity contribution >= 4 is 20.3 Å². The SMILES string of the molecule is CC(C)(C)[Si](C)(C)Oc1ccc(C(C#N)(CC(=O)O)CC(=O)O)cc1. The molecule has 1 aromatic rings. The van der Waals surface area contributed by atoms with E-state index in [1.807, 2.05) is 6.07 Å². The number of benzene rings is 1. The number of hydrogen-bond acceptors (Lipinski definition) is 4. The van der Waals surface area contributed by atoms with E-state index in [-0.39, 0.29) is 5.04 Å². The molecule has 7 heteroatoms. The monoisotopic (exact) mass is 363 g/mol. The zero-order chi connectivity index (χ0) is 19.5. The largest absolute Gasteiger partial charge is 0.544 e. The Morgan fingerprint density at radius 2 is 1.52 bits per heavy atom. The van der Waals surface area contributed by atoms with Gasteiger partial charge in [-0.05, 0) is 35.8 Å². The van der Waals surface area contributed by atoms with Gasteiger partial charge in [-0.1, -0.05) is 32.9 Å². The molecular weight excluding hydrogens is 338 g/mol. The van der Waals surface area contributed by atoms with Crippen LogP contribution >= 0.6 is 0 Å². The Morgan fingerprint density at radius 1 is 1.08 bits per heavy atom. The molecule has 0 aliphatic heterocycles. The fourth-order valence-corrected chi connectivity index (χ4v) is 3.25. The van der Waals surface area contributed by atoms with Crippen LogP contribution in [0.3, 0.4) is 0 Å². The third-order valence-electron chi connectivity index (χ3n) is 4.71. The van der Waals surface area contributed by atoms with E-state index in [1.54, 1.807) is 24.3 Å². The molecule has 25 heavy (non-hydrogen) atoms. The summed E-state index contributed by atoms with van der Waals surface area (Å²) < 4.78 is 6.15. The molecule has 0 bridgehead atoms. The van der Waals surface area contributed by atoms with Gasteiger partial charge in [0.05, 0.1) is 18.9 Å². The third kappa shape index (κ3) is 5.07. The van der Waals surface area contributed by atoms with E-state index >= 15 is 0 Å². The van der Waals surface area contributed by atoms with Crippen LogP contribution in [0.4, 0.5) is 0 Å². The third-order valence-corrected chi connectivity index (χ3v) is 9.06. The second-order valence-electron chi connectivity index (χ2n) is 7.72. The Balaban J connectivity index is 3.19. The molecule has 0 radical (unpaired) electrons. The lowest BCUT2D eigenvalue weighted by Crippen LogP contribution is -2.43. The first-order valence-electron chi connectivity index (χ1n) is 7.97. The van der Waals surface area contributed by atoms with E-state index in [0.717, 1.165) is 0 Å². The lowest BCUT2D eigenvalue weighted by Gasteiger charge is -2.36. The smallest absolute Gasteiger partial charge is 0.305 e. The van der Waals surface area contributed by atoms with Gasteiger partial charge in [-0.2, -0.15) is 5.26 Å². The molecule has 0 aliphatic carbocycles. The van der Waals surface area contributed by atoms with Crippen molar-refractivity contribution in [2.24, 2.45) is 0 Å². The lowest BCUT2D eigenvalue weighted by atomic mass is 9.76. The van der Waals surface area contributed by atoms with Gasteiger partial charge in [0.15, 0.2) is 0 Å². The normalized spacial score (nSPS) is 12.3. The summed E-state index contributed by atoms with van der Waals surface area (Å²) in [5, 5.41) is 27.7. The predicted octanol–water partition coefficient (Wildman–Crippen LogP) is 3.78. The molecule has 0 aromatic heterocycles. The summed E-state index contributed by atoms with van der Waals surface area (Å²) in [5.74, 6) is -1.80. The Kier molecular flexibility index (Phi) is 6.03. The van der Waals surface area contributed by atoms with Crippen LogP contribution in [0.25, 0.3) is 0 Å². The van der Waals surface area contributed by atoms with E-state index in [2.05, 4.69) is 33.9 Å². The molecule has 0 saturated carbocycles. The molecule has 6 nitrogen and oxygen atoms in total. The summed E-state index contributed by atoms with van der Waals surface area (Å²) in [6.07, 6.45) is -1.14. The van der Waals surface area contributed by atoms with Crippen LogP contribution in [0.1, 0.15) is 39.2 Å². The second-order valence-corrected chi connectivity index (χ2v) is 12.4. The minimum atomic E-state index is -2.02. The molecule has 0 aliphatic rings. The number of nitriles is 1. The molecule has 0 atom stereocenters. The van der Waals surface area contributed by atoms with Gasteiger partial charge in [0.1, 0.15) is 11.2 Å². The van der Waals surface area contributed by atoms with Gasteiger partial charge < -0.3 is 14.6 Å². The molecule has 0 spiro atoms. The summed E-state index contributed by atoms with van der Waals surface area (Å²) in [6, 6.07) is 8.40. The molecule has 2 N–H and O–H groups in total. The Morgan fingerprint density at radius 3 is 1.84 bits per heavy atom. The van der Waals surface area contributed by atoms with Gasteiger partial charge in [0.25, 0.3) is 0 Å². The van der Waals surface area contributed by atoms with Gasteiger partial charge in [-0.3, -0.25) is 9.59 Å². The number of aliphatic carboxylic acids is 2. The highest BCUT2D eigenvalue weighted by molar-refractivity contribution is 6.74. The van der Waals surface area contributed by atoms with Crippen LogP contribution < -0.4 is 4.43 Å². The van der Waals surface area contributed by atoms with Gasteiger partial charge >= 0.3 is 11.9 Å². The van der Waals surface area contributed by atoms with Gasteiger partial charge in [0, 0.05) is 0 Å². The van der Waals surface area contributed by atoms with Crippen LogP contribution in [0.2, 0.25) is 18.1 Å². The Labute approximate surface area is 149 Å². The first-order valence-corrected chi connectivity index (χ1v) is 10.9. The molecule has 1 aromatic carbocycles. The average Bonchev–Trinajstić information content (AvgIpc) is 2.44. The number of hydrogen-bond donors (Lipinski definition) is 2. The van der Waals surface area contributed by atoms with Crippen molar-refractivity contribution in [3.05, 3.63) is 29.8 Å². The average molecular weight is 363 g/mol. The van der Waals surface area contributed by atoms with Crippen molar-refractivity contribution < 1.29 is 24.2 Å². The van der Waals surface area contributed by atoms with Crippen LogP contribution in [-0.2, 0) is 15.0 Å². The topological polar surface area (TPSA) is 108 Å². The summed E-state index contributed by atoms with van der Waals surface area (Å²) in [7, 11) is -2.02. The minimum Gasteiger partial charge on any atom is -0.544 e. The van der Waals surface area contributed by atoms with E-state index < -0.39 is 38.5 Å². The standard InChI is InChI=1S/C18H25NO5Si/c1-17(2,3)25(4,5)24-14-8-6-13(7-9-14)18(12-19,10-15(20)21)11-16(22)23/h6-9H,10-11H2,1-5H3,(H,20,21)(H,22,23). The molecule has 0 amide bonds. The number of carboxylic acids is 2. The first kappa shape index (κ1) is 20.7. The van der Waals surface area contributed by atoms with E-state index in [4.69, 9.17) is 14.6 Å². The highest BCUT2D eigenvalue weighted by Crippen LogP contribution is 2.38. The fraction of sp³-hybridized carbons (Fsp3) is 0.500. The van der Waals surface area contributed by atoms with Gasteiger partial charge in [-0.15, -0.1) is 0 Å². The van der Waals surface area contributed by atoms with Crippen LogP contribution in [0.15, 0.2) is 24.3 Å². The van der Waals surface area contributed by atoms with Gasteiger partial charge in [0.2, 0.25) is 8.32 Å². The highest BCUT2D eigenvalue weighted by atomic mass is 28.4. The second kappa shape index (κ2) is 7.27. The van der Waals surface area contributed by atoms with Crippen molar-refractivity contribution in [3.8, 4) is 11.8 Å². The summed E-state index contributed by atoms with van der Waals surface area (Å²) in [6.45, 7) is 10.6. The maximum Gasteiger partial charge on any atom is 0.305 e. The van der Waals surface area contributed by atoms with Crippen LogP contribution in [-0.4, -0.2) is 30.5 Å². The zero-order valence-electron chi connectivity index (χ0n) is 15.3. The van der Waals surface area contributed by atoms with E-state index in [9.17, 15) is 14.9 Å². The molecule has 136 valence electrons. The Bertz CT molecular complexity index is 667. The minimum absolute atomic E-state index is 0.0225. The van der Waals surface area contributed by atoms with E-state index in [1.165, 1.54) is 0 Å². The van der Waals surface area contributed by atoms with Crippen LogP contribution in [0, 0.1) is 11.3 Å². The predicted molar refractivity (Wildman–Crippen MR) is 96.1 cm³/mol.